The van der Waals surface area contributed by atoms with Crippen molar-refractivity contribution in [3.63, 3.8) is 0 Å². The topological polar surface area (TPSA) is 54.4 Å². The SMILES string of the molecule is CN(CCOc1nc(Cl)nc(N2CCCCC2)n1)C1CC1. The summed E-state index contributed by atoms with van der Waals surface area (Å²) in [5.74, 6) is 0.639. The van der Waals surface area contributed by atoms with E-state index in [0.29, 0.717) is 18.6 Å². The van der Waals surface area contributed by atoms with Gasteiger partial charge in [-0.05, 0) is 50.8 Å². The van der Waals surface area contributed by atoms with Crippen LogP contribution in [-0.4, -0.2) is 59.2 Å². The molecule has 1 saturated carbocycles. The normalized spacial score (nSPS) is 19.1. The Labute approximate surface area is 130 Å². The van der Waals surface area contributed by atoms with Gasteiger partial charge in [-0.15, -0.1) is 0 Å². The van der Waals surface area contributed by atoms with Crippen molar-refractivity contribution in [2.45, 2.75) is 38.1 Å². The van der Waals surface area contributed by atoms with Gasteiger partial charge in [0.1, 0.15) is 6.61 Å². The molecule has 1 saturated heterocycles. The zero-order valence-electron chi connectivity index (χ0n) is 12.5. The van der Waals surface area contributed by atoms with Crippen LogP contribution in [0.2, 0.25) is 5.28 Å². The molecule has 0 aromatic carbocycles. The molecule has 2 fully saturated rings. The van der Waals surface area contributed by atoms with Crippen molar-refractivity contribution in [3.05, 3.63) is 5.28 Å². The lowest BCUT2D eigenvalue weighted by atomic mass is 10.1. The largest absolute Gasteiger partial charge is 0.462 e. The van der Waals surface area contributed by atoms with Crippen LogP contribution in [0.1, 0.15) is 32.1 Å². The molecule has 0 atom stereocenters. The standard InChI is InChI=1S/C14H22ClN5O/c1-19(11-5-6-11)9-10-21-14-17-12(15)16-13(18-14)20-7-3-2-4-8-20/h11H,2-10H2,1H3. The number of rotatable bonds is 6. The van der Waals surface area contributed by atoms with Gasteiger partial charge in [0.25, 0.3) is 0 Å². The second kappa shape index (κ2) is 6.75. The van der Waals surface area contributed by atoms with Crippen molar-refractivity contribution in [3.8, 4) is 6.01 Å². The summed E-state index contributed by atoms with van der Waals surface area (Å²) < 4.78 is 5.65. The molecule has 2 aliphatic rings. The number of piperidine rings is 1. The summed E-state index contributed by atoms with van der Waals surface area (Å²) in [6.07, 6.45) is 6.21. The highest BCUT2D eigenvalue weighted by Gasteiger charge is 2.25. The third-order valence-corrected chi connectivity index (χ3v) is 4.23. The summed E-state index contributed by atoms with van der Waals surface area (Å²) in [6.45, 7) is 3.41. The lowest BCUT2D eigenvalue weighted by Gasteiger charge is -2.26. The molecule has 21 heavy (non-hydrogen) atoms. The van der Waals surface area contributed by atoms with Crippen LogP contribution in [0, 0.1) is 0 Å². The first-order valence-corrected chi connectivity index (χ1v) is 8.10. The Bertz CT molecular complexity index is 476. The number of aromatic nitrogens is 3. The summed E-state index contributed by atoms with van der Waals surface area (Å²) in [7, 11) is 2.13. The van der Waals surface area contributed by atoms with Gasteiger partial charge in [0.05, 0.1) is 0 Å². The maximum Gasteiger partial charge on any atom is 0.322 e. The molecular formula is C14H22ClN5O. The van der Waals surface area contributed by atoms with Crippen LogP contribution >= 0.6 is 11.6 Å². The minimum atomic E-state index is 0.205. The highest BCUT2D eigenvalue weighted by Crippen LogP contribution is 2.25. The molecule has 0 N–H and O–H groups in total. The molecule has 2 heterocycles. The van der Waals surface area contributed by atoms with E-state index in [4.69, 9.17) is 16.3 Å². The number of hydrogen-bond donors (Lipinski definition) is 0. The summed E-state index contributed by atoms with van der Waals surface area (Å²) in [4.78, 5) is 17.1. The Morgan fingerprint density at radius 2 is 1.95 bits per heavy atom. The maximum absolute atomic E-state index is 5.99. The van der Waals surface area contributed by atoms with Gasteiger partial charge in [-0.1, -0.05) is 0 Å². The minimum Gasteiger partial charge on any atom is -0.462 e. The van der Waals surface area contributed by atoms with Gasteiger partial charge < -0.3 is 14.5 Å². The molecule has 0 spiro atoms. The Hall–Kier alpha value is -1.14. The number of hydrogen-bond acceptors (Lipinski definition) is 6. The molecule has 116 valence electrons. The zero-order valence-corrected chi connectivity index (χ0v) is 13.2. The van der Waals surface area contributed by atoms with E-state index >= 15 is 0 Å². The van der Waals surface area contributed by atoms with Crippen LogP contribution in [0.25, 0.3) is 0 Å². The van der Waals surface area contributed by atoms with E-state index in [1.807, 2.05) is 0 Å². The monoisotopic (exact) mass is 311 g/mol. The molecule has 0 amide bonds. The lowest BCUT2D eigenvalue weighted by Crippen LogP contribution is -2.31. The first-order valence-electron chi connectivity index (χ1n) is 7.72. The molecular weight excluding hydrogens is 290 g/mol. The third-order valence-electron chi connectivity index (χ3n) is 4.06. The van der Waals surface area contributed by atoms with Crippen molar-refractivity contribution in [2.24, 2.45) is 0 Å². The Morgan fingerprint density at radius 1 is 1.19 bits per heavy atom. The van der Waals surface area contributed by atoms with Gasteiger partial charge in [0, 0.05) is 25.7 Å². The molecule has 1 aliphatic heterocycles. The van der Waals surface area contributed by atoms with Gasteiger partial charge in [-0.2, -0.15) is 15.0 Å². The van der Waals surface area contributed by atoms with Gasteiger partial charge in [-0.3, -0.25) is 0 Å². The number of ether oxygens (including phenoxy) is 1. The number of likely N-dealkylation sites (N-methyl/N-ethyl adjacent to an activating group) is 1. The van der Waals surface area contributed by atoms with Crippen LogP contribution in [-0.2, 0) is 0 Å². The van der Waals surface area contributed by atoms with E-state index in [9.17, 15) is 0 Å². The second-order valence-electron chi connectivity index (χ2n) is 5.79. The van der Waals surface area contributed by atoms with Crippen LogP contribution in [0.15, 0.2) is 0 Å². The number of halogens is 1. The second-order valence-corrected chi connectivity index (χ2v) is 6.13. The van der Waals surface area contributed by atoms with Crippen LogP contribution < -0.4 is 9.64 Å². The summed E-state index contributed by atoms with van der Waals surface area (Å²) >= 11 is 5.99. The van der Waals surface area contributed by atoms with E-state index in [1.54, 1.807) is 0 Å². The molecule has 0 radical (unpaired) electrons. The lowest BCUT2D eigenvalue weighted by molar-refractivity contribution is 0.220. The summed E-state index contributed by atoms with van der Waals surface area (Å²) in [5, 5.41) is 0.205. The van der Waals surface area contributed by atoms with Crippen molar-refractivity contribution >= 4 is 17.5 Å². The first-order chi connectivity index (χ1) is 10.2. The number of nitrogens with zero attached hydrogens (tertiary/aromatic N) is 5. The average molecular weight is 312 g/mol. The summed E-state index contributed by atoms with van der Waals surface area (Å²) in [5.41, 5.74) is 0. The van der Waals surface area contributed by atoms with Crippen molar-refractivity contribution in [1.82, 2.24) is 19.9 Å². The maximum atomic E-state index is 5.99. The fraction of sp³-hybridized carbons (Fsp3) is 0.786. The Balaban J connectivity index is 1.57. The van der Waals surface area contributed by atoms with Crippen LogP contribution in [0.3, 0.4) is 0 Å². The molecule has 0 bridgehead atoms. The van der Waals surface area contributed by atoms with Gasteiger partial charge in [0.2, 0.25) is 11.2 Å². The van der Waals surface area contributed by atoms with E-state index in [-0.39, 0.29) is 5.28 Å². The van der Waals surface area contributed by atoms with Crippen molar-refractivity contribution in [1.29, 1.82) is 0 Å². The Morgan fingerprint density at radius 3 is 2.67 bits per heavy atom. The van der Waals surface area contributed by atoms with Gasteiger partial charge in [0.15, 0.2) is 0 Å². The molecule has 3 rings (SSSR count). The highest BCUT2D eigenvalue weighted by molar-refractivity contribution is 6.28. The quantitative estimate of drug-likeness (QED) is 0.801. The highest BCUT2D eigenvalue weighted by atomic mass is 35.5. The average Bonchev–Trinajstić information content (AvgIpc) is 3.32. The molecule has 6 nitrogen and oxygen atoms in total. The van der Waals surface area contributed by atoms with E-state index in [1.165, 1.54) is 32.1 Å². The molecule has 1 aliphatic carbocycles. The van der Waals surface area contributed by atoms with Gasteiger partial charge in [-0.25, -0.2) is 0 Å². The minimum absolute atomic E-state index is 0.205. The Kier molecular flexibility index (Phi) is 4.75. The zero-order chi connectivity index (χ0) is 14.7. The molecule has 1 aromatic rings. The molecule has 0 unspecified atom stereocenters. The molecule has 7 heteroatoms. The smallest absolute Gasteiger partial charge is 0.322 e. The van der Waals surface area contributed by atoms with Gasteiger partial charge >= 0.3 is 6.01 Å². The predicted octanol–water partition coefficient (Wildman–Crippen LogP) is 1.99. The van der Waals surface area contributed by atoms with Crippen molar-refractivity contribution < 1.29 is 4.74 Å². The van der Waals surface area contributed by atoms with Crippen molar-refractivity contribution in [2.75, 3.05) is 38.2 Å². The van der Waals surface area contributed by atoms with Crippen LogP contribution in [0.4, 0.5) is 5.95 Å². The third kappa shape index (κ3) is 4.17. The molecule has 1 aromatic heterocycles. The van der Waals surface area contributed by atoms with E-state index in [2.05, 4.69) is 31.8 Å². The van der Waals surface area contributed by atoms with E-state index in [0.717, 1.165) is 25.7 Å². The fourth-order valence-corrected chi connectivity index (χ4v) is 2.75. The first kappa shape index (κ1) is 14.8. The predicted molar refractivity (Wildman–Crippen MR) is 82.0 cm³/mol. The fourth-order valence-electron chi connectivity index (χ4n) is 2.60. The van der Waals surface area contributed by atoms with Crippen LogP contribution in [0.5, 0.6) is 6.01 Å². The summed E-state index contributed by atoms with van der Waals surface area (Å²) in [6, 6.07) is 1.07. The van der Waals surface area contributed by atoms with E-state index < -0.39 is 0 Å². The number of anilines is 1.